The summed E-state index contributed by atoms with van der Waals surface area (Å²) in [6.45, 7) is 2.10. The Kier molecular flexibility index (Phi) is 5.81. The van der Waals surface area contributed by atoms with Gasteiger partial charge in [-0.3, -0.25) is 0 Å². The lowest BCUT2D eigenvalue weighted by Gasteiger charge is -2.14. The molecule has 2 aromatic rings. The van der Waals surface area contributed by atoms with Gasteiger partial charge in [0.15, 0.2) is 0 Å². The van der Waals surface area contributed by atoms with Crippen molar-refractivity contribution in [1.82, 2.24) is 9.97 Å². The fourth-order valence-corrected chi connectivity index (χ4v) is 1.97. The zero-order valence-corrected chi connectivity index (χ0v) is 13.9. The summed E-state index contributed by atoms with van der Waals surface area (Å²) < 4.78 is 45.0. The van der Waals surface area contributed by atoms with Crippen molar-refractivity contribution in [2.24, 2.45) is 0 Å². The highest BCUT2D eigenvalue weighted by molar-refractivity contribution is 9.10. The molecule has 1 aromatic heterocycles. The first-order chi connectivity index (χ1) is 10.9. The summed E-state index contributed by atoms with van der Waals surface area (Å²) in [5, 5.41) is 2.85. The molecule has 0 saturated heterocycles. The number of nitrogens with zero attached hydrogens (tertiary/aromatic N) is 2. The third-order valence-corrected chi connectivity index (χ3v) is 3.42. The monoisotopic (exact) mass is 389 g/mol. The van der Waals surface area contributed by atoms with Gasteiger partial charge >= 0.3 is 6.18 Å². The Balaban J connectivity index is 2.23. The first-order valence-corrected chi connectivity index (χ1v) is 7.79. The van der Waals surface area contributed by atoms with Gasteiger partial charge in [-0.25, -0.2) is 4.98 Å². The normalized spacial score (nSPS) is 11.3. The average molecular weight is 390 g/mol. The maximum atomic E-state index is 13.0. The second-order valence-corrected chi connectivity index (χ2v) is 5.66. The van der Waals surface area contributed by atoms with E-state index in [1.807, 2.05) is 6.92 Å². The molecule has 1 N–H and O–H groups in total. The zero-order chi connectivity index (χ0) is 16.9. The van der Waals surface area contributed by atoms with Crippen molar-refractivity contribution in [3.8, 4) is 5.88 Å². The quantitative estimate of drug-likeness (QED) is 0.691. The number of rotatable bonds is 6. The molecule has 0 radical (unpaired) electrons. The van der Waals surface area contributed by atoms with Gasteiger partial charge in [-0.15, -0.1) is 0 Å². The van der Waals surface area contributed by atoms with E-state index in [1.54, 1.807) is 24.3 Å². The van der Waals surface area contributed by atoms with Crippen LogP contribution in [0.1, 0.15) is 25.3 Å². The lowest BCUT2D eigenvalue weighted by Crippen LogP contribution is -2.13. The van der Waals surface area contributed by atoms with Crippen molar-refractivity contribution in [2.45, 2.75) is 25.9 Å². The molecule has 0 atom stereocenters. The van der Waals surface area contributed by atoms with Crippen LogP contribution in [0.5, 0.6) is 5.88 Å². The molecule has 124 valence electrons. The van der Waals surface area contributed by atoms with Crippen molar-refractivity contribution < 1.29 is 17.9 Å². The predicted octanol–water partition coefficient (Wildman–Crippen LogP) is 5.18. The molecule has 8 heteroatoms. The molecule has 4 nitrogen and oxygen atoms in total. The van der Waals surface area contributed by atoms with Crippen molar-refractivity contribution in [1.29, 1.82) is 0 Å². The standard InChI is InChI=1S/C15H15BrF3N3O/c1-2-3-8-23-13-12(15(17,18)19)9-20-14(22-13)21-11-6-4-10(16)5-7-11/h4-7,9H,2-3,8H2,1H3,(H,20,21,22). The molecule has 1 heterocycles. The van der Waals surface area contributed by atoms with Gasteiger partial charge in [-0.1, -0.05) is 29.3 Å². The van der Waals surface area contributed by atoms with Crippen molar-refractivity contribution in [2.75, 3.05) is 11.9 Å². The van der Waals surface area contributed by atoms with Crippen LogP contribution in [0.2, 0.25) is 0 Å². The molecule has 2 rings (SSSR count). The Morgan fingerprint density at radius 2 is 1.91 bits per heavy atom. The minimum absolute atomic E-state index is 0.0480. The molecule has 0 aliphatic heterocycles. The van der Waals surface area contributed by atoms with Crippen LogP contribution in [0.15, 0.2) is 34.9 Å². The summed E-state index contributed by atoms with van der Waals surface area (Å²) in [7, 11) is 0. The van der Waals surface area contributed by atoms with E-state index in [0.717, 1.165) is 17.1 Å². The molecule has 0 aliphatic rings. The molecule has 0 saturated carbocycles. The van der Waals surface area contributed by atoms with Crippen molar-refractivity contribution in [3.05, 3.63) is 40.5 Å². The maximum absolute atomic E-state index is 13.0. The van der Waals surface area contributed by atoms with Crippen LogP contribution in [0.3, 0.4) is 0 Å². The van der Waals surface area contributed by atoms with Gasteiger partial charge in [0, 0.05) is 16.4 Å². The average Bonchev–Trinajstić information content (AvgIpc) is 2.49. The SMILES string of the molecule is CCCCOc1nc(Nc2ccc(Br)cc2)ncc1C(F)(F)F. The van der Waals surface area contributed by atoms with Gasteiger partial charge in [-0.2, -0.15) is 18.2 Å². The third kappa shape index (κ3) is 5.09. The van der Waals surface area contributed by atoms with Crippen LogP contribution in [-0.2, 0) is 6.18 Å². The highest BCUT2D eigenvalue weighted by Crippen LogP contribution is 2.35. The lowest BCUT2D eigenvalue weighted by atomic mass is 10.3. The number of nitrogens with one attached hydrogen (secondary N) is 1. The second-order valence-electron chi connectivity index (χ2n) is 4.74. The Hall–Kier alpha value is -1.83. The van der Waals surface area contributed by atoms with Crippen LogP contribution in [0.4, 0.5) is 24.8 Å². The van der Waals surface area contributed by atoms with E-state index in [0.29, 0.717) is 12.1 Å². The number of benzene rings is 1. The number of hydrogen-bond acceptors (Lipinski definition) is 4. The zero-order valence-electron chi connectivity index (χ0n) is 12.3. The minimum Gasteiger partial charge on any atom is -0.477 e. The van der Waals surface area contributed by atoms with Gasteiger partial charge in [0.1, 0.15) is 5.56 Å². The Morgan fingerprint density at radius 3 is 2.52 bits per heavy atom. The van der Waals surface area contributed by atoms with E-state index in [2.05, 4.69) is 31.2 Å². The van der Waals surface area contributed by atoms with Crippen LogP contribution in [-0.4, -0.2) is 16.6 Å². The van der Waals surface area contributed by atoms with E-state index in [-0.39, 0.29) is 12.6 Å². The summed E-state index contributed by atoms with van der Waals surface area (Å²) in [4.78, 5) is 7.57. The summed E-state index contributed by atoms with van der Waals surface area (Å²) in [6, 6.07) is 7.10. The number of alkyl halides is 3. The van der Waals surface area contributed by atoms with Gasteiger partial charge in [0.05, 0.1) is 6.61 Å². The molecular weight excluding hydrogens is 375 g/mol. The highest BCUT2D eigenvalue weighted by Gasteiger charge is 2.36. The fourth-order valence-electron chi connectivity index (χ4n) is 1.71. The predicted molar refractivity (Wildman–Crippen MR) is 84.9 cm³/mol. The van der Waals surface area contributed by atoms with Crippen LogP contribution in [0.25, 0.3) is 0 Å². The second kappa shape index (κ2) is 7.63. The van der Waals surface area contributed by atoms with E-state index in [9.17, 15) is 13.2 Å². The molecule has 0 aliphatic carbocycles. The van der Waals surface area contributed by atoms with Crippen LogP contribution >= 0.6 is 15.9 Å². The number of anilines is 2. The molecule has 0 unspecified atom stereocenters. The van der Waals surface area contributed by atoms with E-state index < -0.39 is 17.6 Å². The number of unbranched alkanes of at least 4 members (excludes halogenated alkanes) is 1. The smallest absolute Gasteiger partial charge is 0.423 e. The highest BCUT2D eigenvalue weighted by atomic mass is 79.9. The number of ether oxygens (including phenoxy) is 1. The van der Waals surface area contributed by atoms with Crippen molar-refractivity contribution >= 4 is 27.6 Å². The summed E-state index contributed by atoms with van der Waals surface area (Å²) >= 11 is 3.31. The number of aromatic nitrogens is 2. The third-order valence-electron chi connectivity index (χ3n) is 2.90. The summed E-state index contributed by atoms with van der Waals surface area (Å²) in [5.74, 6) is -0.410. The van der Waals surface area contributed by atoms with Crippen LogP contribution < -0.4 is 10.1 Å². The Labute approximate surface area is 140 Å². The first kappa shape index (κ1) is 17.5. The van der Waals surface area contributed by atoms with Gasteiger partial charge in [0.25, 0.3) is 0 Å². The minimum atomic E-state index is -4.56. The fraction of sp³-hybridized carbons (Fsp3) is 0.333. The molecule has 23 heavy (non-hydrogen) atoms. The molecule has 0 bridgehead atoms. The van der Waals surface area contributed by atoms with Crippen LogP contribution in [0, 0.1) is 0 Å². The topological polar surface area (TPSA) is 47.0 Å². The maximum Gasteiger partial charge on any atom is 0.423 e. The lowest BCUT2D eigenvalue weighted by molar-refractivity contribution is -0.139. The van der Waals surface area contributed by atoms with Gasteiger partial charge < -0.3 is 10.1 Å². The summed E-state index contributed by atoms with van der Waals surface area (Å²) in [5.41, 5.74) is -0.317. The largest absolute Gasteiger partial charge is 0.477 e. The van der Waals surface area contributed by atoms with Crippen molar-refractivity contribution in [3.63, 3.8) is 0 Å². The Morgan fingerprint density at radius 1 is 1.22 bits per heavy atom. The first-order valence-electron chi connectivity index (χ1n) is 6.99. The molecule has 0 fully saturated rings. The summed E-state index contributed by atoms with van der Waals surface area (Å²) in [6.07, 6.45) is -2.36. The van der Waals surface area contributed by atoms with E-state index >= 15 is 0 Å². The Bertz CT molecular complexity index is 647. The van der Waals surface area contributed by atoms with E-state index in [4.69, 9.17) is 4.74 Å². The van der Waals surface area contributed by atoms with E-state index in [1.165, 1.54) is 0 Å². The molecule has 0 amide bonds. The van der Waals surface area contributed by atoms with Gasteiger partial charge in [0.2, 0.25) is 11.8 Å². The van der Waals surface area contributed by atoms with Gasteiger partial charge in [-0.05, 0) is 30.7 Å². The molecule has 0 spiro atoms. The molecular formula is C15H15BrF3N3O. The number of hydrogen-bond donors (Lipinski definition) is 1. The number of halogens is 4. The molecule has 1 aromatic carbocycles.